The first-order chi connectivity index (χ1) is 12.5. The number of rotatable bonds is 6. The number of carbonyl (C=O) groups is 1. The van der Waals surface area contributed by atoms with Crippen LogP contribution in [-0.4, -0.2) is 56.1 Å². The fourth-order valence-electron chi connectivity index (χ4n) is 2.86. The van der Waals surface area contributed by atoms with Crippen molar-refractivity contribution in [3.63, 3.8) is 0 Å². The molecule has 0 saturated carbocycles. The number of pyridine rings is 1. The van der Waals surface area contributed by atoms with Crippen molar-refractivity contribution >= 4 is 41.7 Å². The average Bonchev–Trinajstić information content (AvgIpc) is 2.65. The number of aryl methyl sites for hydroxylation is 1. The minimum Gasteiger partial charge on any atom is -0.356 e. The summed E-state index contributed by atoms with van der Waals surface area (Å²) in [5.74, 6) is 1.93. The third-order valence-electron chi connectivity index (χ3n) is 4.52. The molecule has 1 aliphatic heterocycles. The number of aliphatic imine (C=N–C) groups is 1. The van der Waals surface area contributed by atoms with Gasteiger partial charge < -0.3 is 20.9 Å². The molecule has 1 saturated heterocycles. The van der Waals surface area contributed by atoms with Gasteiger partial charge in [-0.25, -0.2) is 4.98 Å². The smallest absolute Gasteiger partial charge is 0.222 e. The molecule has 0 radical (unpaired) electrons. The third kappa shape index (κ3) is 7.90. The van der Waals surface area contributed by atoms with Gasteiger partial charge in [0, 0.05) is 51.4 Å². The Bertz CT molecular complexity index is 597. The van der Waals surface area contributed by atoms with Crippen LogP contribution in [0, 0.1) is 12.8 Å². The van der Waals surface area contributed by atoms with Gasteiger partial charge in [0.05, 0.1) is 0 Å². The normalized spacial score (nSPS) is 15.3. The van der Waals surface area contributed by atoms with Crippen molar-refractivity contribution in [1.82, 2.24) is 20.9 Å². The van der Waals surface area contributed by atoms with Gasteiger partial charge in [-0.15, -0.1) is 24.0 Å². The van der Waals surface area contributed by atoms with Gasteiger partial charge in [-0.2, -0.15) is 0 Å². The van der Waals surface area contributed by atoms with Crippen molar-refractivity contribution in [2.24, 2.45) is 10.9 Å². The Morgan fingerprint density at radius 2 is 1.93 bits per heavy atom. The highest BCUT2D eigenvalue weighted by Gasteiger charge is 2.20. The molecule has 0 unspecified atom stereocenters. The molecular formula is C19H33IN6O. The van der Waals surface area contributed by atoms with Crippen LogP contribution in [0.5, 0.6) is 0 Å². The van der Waals surface area contributed by atoms with Gasteiger partial charge in [0.15, 0.2) is 5.96 Å². The molecule has 0 spiro atoms. The zero-order chi connectivity index (χ0) is 18.9. The van der Waals surface area contributed by atoms with E-state index < -0.39 is 0 Å². The summed E-state index contributed by atoms with van der Waals surface area (Å²) in [5, 5.41) is 9.63. The van der Waals surface area contributed by atoms with Crippen molar-refractivity contribution in [1.29, 1.82) is 0 Å². The van der Waals surface area contributed by atoms with Crippen molar-refractivity contribution < 1.29 is 4.79 Å². The van der Waals surface area contributed by atoms with Crippen LogP contribution in [0.15, 0.2) is 23.3 Å². The number of aromatic nitrogens is 1. The van der Waals surface area contributed by atoms with Gasteiger partial charge in [0.1, 0.15) is 5.82 Å². The average molecular weight is 488 g/mol. The van der Waals surface area contributed by atoms with Crippen LogP contribution in [0.1, 0.15) is 32.3 Å². The number of amides is 1. The lowest BCUT2D eigenvalue weighted by molar-refractivity contribution is -0.123. The van der Waals surface area contributed by atoms with E-state index in [1.807, 2.05) is 20.0 Å². The molecular weight excluding hydrogens is 455 g/mol. The summed E-state index contributed by atoms with van der Waals surface area (Å²) in [5.41, 5.74) is 1.18. The molecule has 1 aromatic rings. The zero-order valence-electron chi connectivity index (χ0n) is 16.8. The molecule has 3 N–H and O–H groups in total. The maximum absolute atomic E-state index is 11.5. The van der Waals surface area contributed by atoms with E-state index in [1.54, 1.807) is 7.05 Å². The van der Waals surface area contributed by atoms with E-state index in [-0.39, 0.29) is 35.8 Å². The van der Waals surface area contributed by atoms with Gasteiger partial charge in [0.25, 0.3) is 0 Å². The van der Waals surface area contributed by atoms with Crippen LogP contribution in [0.3, 0.4) is 0 Å². The van der Waals surface area contributed by atoms with Crippen molar-refractivity contribution in [2.45, 2.75) is 39.7 Å². The second-order valence-corrected chi connectivity index (χ2v) is 7.04. The van der Waals surface area contributed by atoms with Crippen LogP contribution in [0.2, 0.25) is 0 Å². The number of piperidine rings is 1. The lowest BCUT2D eigenvalue weighted by atomic mass is 10.1. The monoisotopic (exact) mass is 488 g/mol. The Kier molecular flexibility index (Phi) is 10.4. The lowest BCUT2D eigenvalue weighted by Crippen LogP contribution is -2.50. The van der Waals surface area contributed by atoms with E-state index in [0.29, 0.717) is 19.1 Å². The van der Waals surface area contributed by atoms with Crippen molar-refractivity contribution in [3.05, 3.63) is 23.9 Å². The Morgan fingerprint density at radius 3 is 2.48 bits per heavy atom. The maximum atomic E-state index is 11.5. The number of hydrogen-bond donors (Lipinski definition) is 3. The van der Waals surface area contributed by atoms with Gasteiger partial charge in [-0.1, -0.05) is 19.9 Å². The maximum Gasteiger partial charge on any atom is 0.222 e. The van der Waals surface area contributed by atoms with Gasteiger partial charge in [0.2, 0.25) is 5.91 Å². The van der Waals surface area contributed by atoms with Crippen LogP contribution < -0.4 is 20.9 Å². The van der Waals surface area contributed by atoms with Gasteiger partial charge in [-0.05, 0) is 31.4 Å². The highest BCUT2D eigenvalue weighted by Crippen LogP contribution is 2.17. The summed E-state index contributed by atoms with van der Waals surface area (Å²) in [4.78, 5) is 22.7. The van der Waals surface area contributed by atoms with Crippen LogP contribution in [0.4, 0.5) is 5.82 Å². The van der Waals surface area contributed by atoms with E-state index in [2.05, 4.69) is 49.9 Å². The van der Waals surface area contributed by atoms with Crippen molar-refractivity contribution in [3.8, 4) is 0 Å². The molecule has 1 amide bonds. The number of anilines is 1. The summed E-state index contributed by atoms with van der Waals surface area (Å²) >= 11 is 0. The molecule has 27 heavy (non-hydrogen) atoms. The van der Waals surface area contributed by atoms with Crippen LogP contribution >= 0.6 is 24.0 Å². The quantitative estimate of drug-likeness (QED) is 0.247. The van der Waals surface area contributed by atoms with Crippen molar-refractivity contribution in [2.75, 3.05) is 38.1 Å². The number of carbonyl (C=O) groups excluding carboxylic acids is 1. The largest absolute Gasteiger partial charge is 0.356 e. The molecule has 0 aliphatic carbocycles. The predicted molar refractivity (Wildman–Crippen MR) is 122 cm³/mol. The van der Waals surface area contributed by atoms with E-state index >= 15 is 0 Å². The first-order valence-electron chi connectivity index (χ1n) is 9.42. The molecule has 152 valence electrons. The molecule has 1 aliphatic rings. The lowest BCUT2D eigenvalue weighted by Gasteiger charge is -2.33. The molecule has 0 aromatic carbocycles. The molecule has 0 bridgehead atoms. The topological polar surface area (TPSA) is 81.6 Å². The number of nitrogens with one attached hydrogen (secondary N) is 3. The highest BCUT2D eigenvalue weighted by atomic mass is 127. The number of guanidine groups is 1. The van der Waals surface area contributed by atoms with Gasteiger partial charge >= 0.3 is 0 Å². The van der Waals surface area contributed by atoms with Gasteiger partial charge in [-0.3, -0.25) is 9.79 Å². The molecule has 7 nitrogen and oxygen atoms in total. The number of halogens is 1. The highest BCUT2D eigenvalue weighted by molar-refractivity contribution is 14.0. The van der Waals surface area contributed by atoms with E-state index in [0.717, 1.165) is 37.7 Å². The SMILES string of the molecule is CN=C(NCCNC(=O)C(C)C)NC1CCN(c2ccc(C)cn2)CC1.I. The molecule has 8 heteroatoms. The zero-order valence-corrected chi connectivity index (χ0v) is 19.1. The standard InChI is InChI=1S/C19H32N6O.HI/c1-14(2)18(26)21-9-10-22-19(20-4)24-16-7-11-25(12-8-16)17-6-5-15(3)13-23-17;/h5-6,13-14,16H,7-12H2,1-4H3,(H,21,26)(H2,20,22,24);1H. The molecule has 2 heterocycles. The third-order valence-corrected chi connectivity index (χ3v) is 4.52. The molecule has 1 aromatic heterocycles. The first-order valence-corrected chi connectivity index (χ1v) is 9.42. The fourth-order valence-corrected chi connectivity index (χ4v) is 2.86. The van der Waals surface area contributed by atoms with E-state index in [9.17, 15) is 4.79 Å². The molecule has 0 atom stereocenters. The molecule has 2 rings (SSSR count). The Labute approximate surface area is 179 Å². The van der Waals surface area contributed by atoms with E-state index in [1.165, 1.54) is 5.56 Å². The summed E-state index contributed by atoms with van der Waals surface area (Å²) < 4.78 is 0. The minimum atomic E-state index is 0. The minimum absolute atomic E-state index is 0. The summed E-state index contributed by atoms with van der Waals surface area (Å²) in [6, 6.07) is 4.60. The Balaban J connectivity index is 0.00000364. The fraction of sp³-hybridized carbons (Fsp3) is 0.632. The second kappa shape index (κ2) is 12.0. The summed E-state index contributed by atoms with van der Waals surface area (Å²) in [6.45, 7) is 9.05. The second-order valence-electron chi connectivity index (χ2n) is 7.04. The number of hydrogen-bond acceptors (Lipinski definition) is 4. The first kappa shape index (κ1) is 23.5. The summed E-state index contributed by atoms with van der Waals surface area (Å²) in [7, 11) is 1.77. The molecule has 1 fully saturated rings. The van der Waals surface area contributed by atoms with Crippen LogP contribution in [-0.2, 0) is 4.79 Å². The predicted octanol–water partition coefficient (Wildman–Crippen LogP) is 1.91. The Morgan fingerprint density at radius 1 is 1.26 bits per heavy atom. The van der Waals surface area contributed by atoms with Crippen LogP contribution in [0.25, 0.3) is 0 Å². The Hall–Kier alpha value is -1.58. The summed E-state index contributed by atoms with van der Waals surface area (Å²) in [6.07, 6.45) is 4.00. The van der Waals surface area contributed by atoms with E-state index in [4.69, 9.17) is 0 Å². The number of nitrogens with zero attached hydrogens (tertiary/aromatic N) is 3.